The molecule has 2 rings (SSSR count). The van der Waals surface area contributed by atoms with Gasteiger partial charge in [0.15, 0.2) is 0 Å². The van der Waals surface area contributed by atoms with E-state index in [9.17, 15) is 4.79 Å². The lowest BCUT2D eigenvalue weighted by molar-refractivity contribution is 0.186. The number of hydrogen-bond acceptors (Lipinski definition) is 3. The van der Waals surface area contributed by atoms with Crippen molar-refractivity contribution in [1.29, 1.82) is 0 Å². The summed E-state index contributed by atoms with van der Waals surface area (Å²) in [5, 5.41) is 2.26. The van der Waals surface area contributed by atoms with E-state index in [0.717, 1.165) is 24.8 Å². The minimum absolute atomic E-state index is 0.159. The summed E-state index contributed by atoms with van der Waals surface area (Å²) >= 11 is 0. The van der Waals surface area contributed by atoms with Crippen molar-refractivity contribution in [3.8, 4) is 0 Å². The molecule has 0 saturated heterocycles. The number of anilines is 1. The standard InChI is InChI=1S/C13H17N3O2/c1-3-4-5-9-6-7-10-11(8-9)15-12(14-10)16-13(17)18-2/h6-8H,3-5H2,1-2H3,(H2,14,15,16,17)/i2D3. The van der Waals surface area contributed by atoms with Crippen molar-refractivity contribution < 1.29 is 13.6 Å². The summed E-state index contributed by atoms with van der Waals surface area (Å²) in [7, 11) is -2.77. The van der Waals surface area contributed by atoms with Crippen molar-refractivity contribution >= 4 is 23.1 Å². The van der Waals surface area contributed by atoms with E-state index in [2.05, 4.69) is 26.9 Å². The second-order valence-corrected chi connectivity index (χ2v) is 4.05. The average Bonchev–Trinajstić information content (AvgIpc) is 2.74. The van der Waals surface area contributed by atoms with Gasteiger partial charge >= 0.3 is 6.09 Å². The van der Waals surface area contributed by atoms with Crippen LogP contribution in [-0.2, 0) is 11.2 Å². The summed E-state index contributed by atoms with van der Waals surface area (Å²) in [6.07, 6.45) is 2.14. The highest BCUT2D eigenvalue weighted by Gasteiger charge is 2.06. The fraction of sp³-hybridized carbons (Fsp3) is 0.385. The number of H-pyrrole nitrogens is 1. The first kappa shape index (κ1) is 8.97. The molecule has 1 heterocycles. The molecule has 0 atom stereocenters. The molecule has 0 spiro atoms. The van der Waals surface area contributed by atoms with Crippen LogP contribution in [0.2, 0.25) is 0 Å². The number of nitrogens with zero attached hydrogens (tertiary/aromatic N) is 1. The highest BCUT2D eigenvalue weighted by Crippen LogP contribution is 2.17. The fourth-order valence-corrected chi connectivity index (χ4v) is 1.77. The molecule has 0 fully saturated rings. The van der Waals surface area contributed by atoms with Gasteiger partial charge in [-0.2, -0.15) is 0 Å². The van der Waals surface area contributed by atoms with E-state index in [0.29, 0.717) is 5.52 Å². The molecule has 0 saturated carbocycles. The Hall–Kier alpha value is -2.04. The van der Waals surface area contributed by atoms with Gasteiger partial charge in [0, 0.05) is 0 Å². The Labute approximate surface area is 110 Å². The zero-order valence-corrected chi connectivity index (χ0v) is 10.1. The van der Waals surface area contributed by atoms with Crippen molar-refractivity contribution in [2.24, 2.45) is 0 Å². The SMILES string of the molecule is [2H]C([2H])([2H])OC(=O)Nc1nc2ccc(CCCC)cc2[nH]1. The van der Waals surface area contributed by atoms with E-state index in [-0.39, 0.29) is 5.95 Å². The smallest absolute Gasteiger partial charge is 0.413 e. The topological polar surface area (TPSA) is 67.0 Å². The van der Waals surface area contributed by atoms with Gasteiger partial charge in [0.05, 0.1) is 22.2 Å². The lowest BCUT2D eigenvalue weighted by Gasteiger charge is -1.98. The lowest BCUT2D eigenvalue weighted by atomic mass is 10.1. The van der Waals surface area contributed by atoms with Crippen LogP contribution in [0.5, 0.6) is 0 Å². The van der Waals surface area contributed by atoms with E-state index >= 15 is 0 Å². The van der Waals surface area contributed by atoms with Crippen LogP contribution in [-0.4, -0.2) is 23.1 Å². The molecule has 2 N–H and O–H groups in total. The van der Waals surface area contributed by atoms with Crippen molar-refractivity contribution in [2.75, 3.05) is 12.4 Å². The zero-order valence-electron chi connectivity index (χ0n) is 13.1. The average molecular weight is 250 g/mol. The Morgan fingerprint density at radius 3 is 3.28 bits per heavy atom. The largest absolute Gasteiger partial charge is 0.453 e. The Kier molecular flexibility index (Phi) is 2.75. The van der Waals surface area contributed by atoms with Crippen LogP contribution in [0, 0.1) is 0 Å². The number of aromatic nitrogens is 2. The third-order valence-corrected chi connectivity index (χ3v) is 2.68. The van der Waals surface area contributed by atoms with Gasteiger partial charge in [-0.1, -0.05) is 19.4 Å². The molecule has 1 amide bonds. The van der Waals surface area contributed by atoms with Gasteiger partial charge in [-0.3, -0.25) is 5.32 Å². The van der Waals surface area contributed by atoms with Crippen LogP contribution in [0.25, 0.3) is 11.0 Å². The lowest BCUT2D eigenvalue weighted by Crippen LogP contribution is -2.11. The summed E-state index contributed by atoms with van der Waals surface area (Å²) in [6.45, 7) is 2.13. The second-order valence-electron chi connectivity index (χ2n) is 4.05. The van der Waals surface area contributed by atoms with E-state index < -0.39 is 13.1 Å². The first-order valence-electron chi connectivity index (χ1n) is 7.36. The Balaban J connectivity index is 2.10. The molecule has 0 bridgehead atoms. The zero-order chi connectivity index (χ0) is 15.5. The summed E-state index contributed by atoms with van der Waals surface area (Å²) in [6, 6.07) is 5.82. The van der Waals surface area contributed by atoms with E-state index in [1.54, 1.807) is 0 Å². The maximum Gasteiger partial charge on any atom is 0.413 e. The molecule has 2 aromatic rings. The summed E-state index contributed by atoms with van der Waals surface area (Å²) in [4.78, 5) is 18.4. The third kappa shape index (κ3) is 2.80. The highest BCUT2D eigenvalue weighted by molar-refractivity contribution is 5.86. The first-order valence-corrected chi connectivity index (χ1v) is 5.86. The van der Waals surface area contributed by atoms with Gasteiger partial charge in [0.25, 0.3) is 0 Å². The number of imidazole rings is 1. The van der Waals surface area contributed by atoms with Gasteiger partial charge in [0.2, 0.25) is 5.95 Å². The number of ether oxygens (including phenoxy) is 1. The maximum atomic E-state index is 11.4. The van der Waals surface area contributed by atoms with Gasteiger partial charge in [-0.25, -0.2) is 9.78 Å². The van der Waals surface area contributed by atoms with Crippen LogP contribution in [0.1, 0.15) is 29.4 Å². The minimum Gasteiger partial charge on any atom is -0.453 e. The summed E-state index contributed by atoms with van der Waals surface area (Å²) < 4.78 is 24.7. The van der Waals surface area contributed by atoms with Crippen LogP contribution in [0.4, 0.5) is 10.7 Å². The molecule has 0 radical (unpaired) electrons. The quantitative estimate of drug-likeness (QED) is 0.876. The molecule has 18 heavy (non-hydrogen) atoms. The Bertz CT molecular complexity index is 637. The Morgan fingerprint density at radius 2 is 2.50 bits per heavy atom. The number of unbranched alkanes of at least 4 members (excludes halogenated alkanes) is 1. The van der Waals surface area contributed by atoms with Crippen LogP contribution >= 0.6 is 0 Å². The summed E-state index contributed by atoms with van der Waals surface area (Å²) in [5.74, 6) is 0.159. The molecule has 1 aromatic heterocycles. The van der Waals surface area contributed by atoms with Crippen molar-refractivity contribution in [1.82, 2.24) is 9.97 Å². The number of fused-ring (bicyclic) bond motifs is 1. The molecule has 0 aliphatic carbocycles. The normalized spacial score (nSPS) is 13.7. The molecule has 0 aliphatic heterocycles. The monoisotopic (exact) mass is 250 g/mol. The summed E-state index contributed by atoms with van der Waals surface area (Å²) in [5.41, 5.74) is 2.66. The van der Waals surface area contributed by atoms with Gasteiger partial charge in [0.1, 0.15) is 0 Å². The molecule has 5 nitrogen and oxygen atoms in total. The van der Waals surface area contributed by atoms with Crippen molar-refractivity contribution in [3.63, 3.8) is 0 Å². The predicted octanol–water partition coefficient (Wildman–Crippen LogP) is 3.08. The number of rotatable bonds is 4. The molecule has 1 aromatic carbocycles. The molecule has 5 heteroatoms. The number of carbonyl (C=O) groups excluding carboxylic acids is 1. The molecular weight excluding hydrogens is 230 g/mol. The number of aryl methyl sites for hydroxylation is 1. The van der Waals surface area contributed by atoms with Crippen molar-refractivity contribution in [3.05, 3.63) is 23.8 Å². The molecular formula is C13H17N3O2. The number of carbonyl (C=O) groups is 1. The predicted molar refractivity (Wildman–Crippen MR) is 70.7 cm³/mol. The molecule has 0 unspecified atom stereocenters. The maximum absolute atomic E-state index is 11.4. The number of methoxy groups -OCH3 is 1. The highest BCUT2D eigenvalue weighted by atomic mass is 16.5. The third-order valence-electron chi connectivity index (χ3n) is 2.68. The molecule has 96 valence electrons. The van der Waals surface area contributed by atoms with Gasteiger partial charge in [-0.05, 0) is 30.5 Å². The number of benzene rings is 1. The number of nitrogens with one attached hydrogen (secondary N) is 2. The van der Waals surface area contributed by atoms with Gasteiger partial charge in [-0.15, -0.1) is 0 Å². The van der Waals surface area contributed by atoms with Crippen LogP contribution < -0.4 is 5.32 Å². The molecule has 0 aliphatic rings. The number of aromatic amines is 1. The van der Waals surface area contributed by atoms with E-state index in [4.69, 9.17) is 4.11 Å². The first-order chi connectivity index (χ1) is 9.87. The minimum atomic E-state index is -2.77. The van der Waals surface area contributed by atoms with Crippen LogP contribution in [0.15, 0.2) is 18.2 Å². The van der Waals surface area contributed by atoms with Crippen molar-refractivity contribution in [2.45, 2.75) is 26.2 Å². The second kappa shape index (κ2) is 5.53. The fourth-order valence-electron chi connectivity index (χ4n) is 1.77. The van der Waals surface area contributed by atoms with E-state index in [1.807, 2.05) is 18.2 Å². The number of amides is 1. The number of hydrogen-bond donors (Lipinski definition) is 2. The van der Waals surface area contributed by atoms with Gasteiger partial charge < -0.3 is 9.72 Å². The van der Waals surface area contributed by atoms with Crippen LogP contribution in [0.3, 0.4) is 0 Å². The van der Waals surface area contributed by atoms with E-state index in [1.165, 1.54) is 5.56 Å². The Morgan fingerprint density at radius 1 is 1.61 bits per heavy atom.